The highest BCUT2D eigenvalue weighted by Gasteiger charge is 2.45. The molecule has 0 bridgehead atoms. The van der Waals surface area contributed by atoms with E-state index < -0.39 is 36.3 Å². The molecule has 1 N–H and O–H groups in total. The first-order chi connectivity index (χ1) is 16.0. The lowest BCUT2D eigenvalue weighted by Gasteiger charge is -2.21. The van der Waals surface area contributed by atoms with E-state index in [9.17, 15) is 19.2 Å². The Balaban J connectivity index is 1.43. The zero-order chi connectivity index (χ0) is 23.2. The Morgan fingerprint density at radius 3 is 2.03 bits per heavy atom. The van der Waals surface area contributed by atoms with Crippen molar-refractivity contribution in [2.45, 2.75) is 38.1 Å². The van der Waals surface area contributed by atoms with Crippen LogP contribution in [-0.4, -0.2) is 46.6 Å². The number of benzene rings is 2. The molecule has 0 atom stereocenters. The van der Waals surface area contributed by atoms with Crippen molar-refractivity contribution >= 4 is 23.8 Å². The Morgan fingerprint density at radius 2 is 1.45 bits per heavy atom. The van der Waals surface area contributed by atoms with Crippen molar-refractivity contribution in [2.75, 3.05) is 13.1 Å². The molecule has 4 rings (SSSR count). The Hall–Kier alpha value is -3.74. The Labute approximate surface area is 193 Å². The van der Waals surface area contributed by atoms with Gasteiger partial charge in [-0.15, -0.1) is 0 Å². The second kappa shape index (κ2) is 10.3. The summed E-state index contributed by atoms with van der Waals surface area (Å²) < 4.78 is 0. The zero-order valence-corrected chi connectivity index (χ0v) is 18.4. The van der Waals surface area contributed by atoms with E-state index in [0.29, 0.717) is 6.42 Å². The van der Waals surface area contributed by atoms with E-state index in [0.717, 1.165) is 46.6 Å². The van der Waals surface area contributed by atoms with Crippen molar-refractivity contribution in [3.05, 3.63) is 83.4 Å². The fraction of sp³-hybridized carbons (Fsp3) is 0.308. The normalized spacial score (nSPS) is 16.4. The van der Waals surface area contributed by atoms with Gasteiger partial charge in [-0.3, -0.25) is 19.3 Å². The molecule has 0 aromatic heterocycles. The predicted molar refractivity (Wildman–Crippen MR) is 123 cm³/mol. The van der Waals surface area contributed by atoms with E-state index in [2.05, 4.69) is 11.4 Å². The third-order valence-corrected chi connectivity index (χ3v) is 6.05. The molecule has 170 valence electrons. The zero-order valence-electron chi connectivity index (χ0n) is 18.4. The van der Waals surface area contributed by atoms with Crippen LogP contribution in [0, 0.1) is 0 Å². The molecule has 1 aliphatic heterocycles. The average Bonchev–Trinajstić information content (AvgIpc) is 3.05. The molecular formula is C26H27N3O4. The summed E-state index contributed by atoms with van der Waals surface area (Å²) in [4.78, 5) is 52.2. The fourth-order valence-electron chi connectivity index (χ4n) is 4.27. The molecule has 1 aliphatic carbocycles. The topological polar surface area (TPSA) is 86.8 Å². The number of nitrogens with zero attached hydrogens (tertiary/aromatic N) is 2. The molecule has 5 amide bonds. The molecule has 0 unspecified atom stereocenters. The number of hydrogen-bond acceptors (Lipinski definition) is 4. The summed E-state index contributed by atoms with van der Waals surface area (Å²) in [5.41, 5.74) is 2.95. The average molecular weight is 446 g/mol. The van der Waals surface area contributed by atoms with Gasteiger partial charge in [0.2, 0.25) is 5.91 Å². The van der Waals surface area contributed by atoms with Crippen molar-refractivity contribution in [3.63, 3.8) is 0 Å². The maximum atomic E-state index is 12.9. The van der Waals surface area contributed by atoms with Crippen LogP contribution in [0.5, 0.6) is 0 Å². The van der Waals surface area contributed by atoms with Gasteiger partial charge in [0, 0.05) is 6.54 Å². The van der Waals surface area contributed by atoms with Crippen LogP contribution < -0.4 is 5.32 Å². The van der Waals surface area contributed by atoms with Gasteiger partial charge in [-0.25, -0.2) is 9.69 Å². The fourth-order valence-corrected chi connectivity index (χ4v) is 4.27. The summed E-state index contributed by atoms with van der Waals surface area (Å²) in [6.07, 6.45) is 6.93. The third-order valence-electron chi connectivity index (χ3n) is 6.05. The van der Waals surface area contributed by atoms with Crippen molar-refractivity contribution in [3.8, 4) is 0 Å². The van der Waals surface area contributed by atoms with Crippen LogP contribution in [0.1, 0.15) is 49.3 Å². The molecular weight excluding hydrogens is 418 g/mol. The van der Waals surface area contributed by atoms with Gasteiger partial charge in [-0.05, 0) is 43.2 Å². The number of rotatable bonds is 8. The molecule has 7 heteroatoms. The van der Waals surface area contributed by atoms with Gasteiger partial charge in [0.05, 0.1) is 6.04 Å². The SMILES string of the molecule is O=C(CN1C(=O)C(=O)N(CCC2=CCCCC2)C1=O)NC(c1ccccc1)c1ccccc1. The van der Waals surface area contributed by atoms with Gasteiger partial charge < -0.3 is 5.32 Å². The van der Waals surface area contributed by atoms with E-state index in [1.165, 1.54) is 5.57 Å². The second-order valence-corrected chi connectivity index (χ2v) is 8.31. The van der Waals surface area contributed by atoms with E-state index in [4.69, 9.17) is 0 Å². The van der Waals surface area contributed by atoms with Gasteiger partial charge in [-0.2, -0.15) is 0 Å². The third kappa shape index (κ3) is 5.19. The van der Waals surface area contributed by atoms with Crippen molar-refractivity contribution in [1.82, 2.24) is 15.1 Å². The molecule has 0 saturated carbocycles. The molecule has 1 fully saturated rings. The molecule has 2 aromatic rings. The van der Waals surface area contributed by atoms with Crippen molar-refractivity contribution in [1.29, 1.82) is 0 Å². The first kappa shape index (κ1) is 22.5. The molecule has 2 aromatic carbocycles. The molecule has 0 radical (unpaired) electrons. The largest absolute Gasteiger partial charge is 0.344 e. The maximum Gasteiger partial charge on any atom is 0.334 e. The quantitative estimate of drug-likeness (QED) is 0.382. The van der Waals surface area contributed by atoms with E-state index in [-0.39, 0.29) is 6.54 Å². The van der Waals surface area contributed by atoms with Gasteiger partial charge in [0.15, 0.2) is 0 Å². The lowest BCUT2D eigenvalue weighted by Crippen LogP contribution is -2.42. The second-order valence-electron chi connectivity index (χ2n) is 8.31. The lowest BCUT2D eigenvalue weighted by molar-refractivity contribution is -0.144. The maximum absolute atomic E-state index is 12.9. The number of allylic oxidation sites excluding steroid dienone is 1. The van der Waals surface area contributed by atoms with E-state index in [1.54, 1.807) is 0 Å². The Kier molecular flexibility index (Phi) is 6.98. The highest BCUT2D eigenvalue weighted by molar-refractivity contribution is 6.45. The standard InChI is InChI=1S/C26H27N3O4/c30-22(27-23(20-12-6-2-7-13-20)21-14-8-3-9-15-21)18-29-25(32)24(31)28(26(29)33)17-16-19-10-4-1-5-11-19/h2-3,6-10,12-15,23H,1,4-5,11,16-18H2,(H,27,30). The molecule has 1 saturated heterocycles. The monoisotopic (exact) mass is 445 g/mol. The van der Waals surface area contributed by atoms with Crippen LogP contribution in [0.25, 0.3) is 0 Å². The van der Waals surface area contributed by atoms with Crippen LogP contribution >= 0.6 is 0 Å². The highest BCUT2D eigenvalue weighted by Crippen LogP contribution is 2.23. The number of carbonyl (C=O) groups is 4. The van der Waals surface area contributed by atoms with Crippen LogP contribution in [0.3, 0.4) is 0 Å². The molecule has 0 spiro atoms. The number of amides is 5. The highest BCUT2D eigenvalue weighted by atomic mass is 16.2. The summed E-state index contributed by atoms with van der Waals surface area (Å²) in [5, 5.41) is 2.91. The number of hydrogen-bond donors (Lipinski definition) is 1. The molecule has 7 nitrogen and oxygen atoms in total. The molecule has 2 aliphatic rings. The number of urea groups is 1. The minimum atomic E-state index is -0.955. The van der Waals surface area contributed by atoms with Crippen LogP contribution in [0.15, 0.2) is 72.3 Å². The molecule has 33 heavy (non-hydrogen) atoms. The van der Waals surface area contributed by atoms with E-state index >= 15 is 0 Å². The Bertz CT molecular complexity index is 1030. The minimum absolute atomic E-state index is 0.157. The lowest BCUT2D eigenvalue weighted by atomic mass is 9.97. The van der Waals surface area contributed by atoms with Crippen molar-refractivity contribution in [2.24, 2.45) is 0 Å². The van der Waals surface area contributed by atoms with Gasteiger partial charge in [0.1, 0.15) is 6.54 Å². The number of carbonyl (C=O) groups excluding carboxylic acids is 4. The first-order valence-corrected chi connectivity index (χ1v) is 11.3. The smallest absolute Gasteiger partial charge is 0.334 e. The summed E-state index contributed by atoms with van der Waals surface area (Å²) in [6, 6.07) is 17.7. The van der Waals surface area contributed by atoms with Crippen molar-refractivity contribution < 1.29 is 19.2 Å². The van der Waals surface area contributed by atoms with Gasteiger partial charge in [0.25, 0.3) is 0 Å². The van der Waals surface area contributed by atoms with Crippen LogP contribution in [0.2, 0.25) is 0 Å². The summed E-state index contributed by atoms with van der Waals surface area (Å²) >= 11 is 0. The minimum Gasteiger partial charge on any atom is -0.344 e. The summed E-state index contributed by atoms with van der Waals surface area (Å²) in [6.45, 7) is -0.344. The summed E-state index contributed by atoms with van der Waals surface area (Å²) in [7, 11) is 0. The van der Waals surface area contributed by atoms with Gasteiger partial charge >= 0.3 is 17.8 Å². The predicted octanol–water partition coefficient (Wildman–Crippen LogP) is 3.57. The van der Waals surface area contributed by atoms with Gasteiger partial charge in [-0.1, -0.05) is 72.3 Å². The van der Waals surface area contributed by atoms with Crippen LogP contribution in [-0.2, 0) is 14.4 Å². The Morgan fingerprint density at radius 1 is 0.848 bits per heavy atom. The number of nitrogens with one attached hydrogen (secondary N) is 1. The molecule has 1 heterocycles. The number of imide groups is 2. The first-order valence-electron chi connectivity index (χ1n) is 11.3. The van der Waals surface area contributed by atoms with Crippen LogP contribution in [0.4, 0.5) is 4.79 Å². The van der Waals surface area contributed by atoms with E-state index in [1.807, 2.05) is 60.7 Å². The summed E-state index contributed by atoms with van der Waals surface area (Å²) in [5.74, 6) is -2.34.